The Labute approximate surface area is 121 Å². The second kappa shape index (κ2) is 5.08. The van der Waals surface area contributed by atoms with Crippen molar-refractivity contribution in [2.45, 2.75) is 32.9 Å². The van der Waals surface area contributed by atoms with Gasteiger partial charge in [0.1, 0.15) is 11.8 Å². The molecule has 0 saturated carbocycles. The fourth-order valence-corrected chi connectivity index (χ4v) is 2.10. The van der Waals surface area contributed by atoms with Gasteiger partial charge in [0.05, 0.1) is 5.69 Å². The van der Waals surface area contributed by atoms with Crippen molar-refractivity contribution in [3.63, 3.8) is 0 Å². The summed E-state index contributed by atoms with van der Waals surface area (Å²) in [6.45, 7) is 5.40. The Morgan fingerprint density at radius 2 is 2.24 bits per heavy atom. The number of rotatable bonds is 3. The van der Waals surface area contributed by atoms with Crippen molar-refractivity contribution in [1.29, 1.82) is 0 Å². The van der Waals surface area contributed by atoms with Crippen LogP contribution in [0.25, 0.3) is 0 Å². The summed E-state index contributed by atoms with van der Waals surface area (Å²) in [7, 11) is 0. The van der Waals surface area contributed by atoms with Gasteiger partial charge in [-0.25, -0.2) is 0 Å². The molecule has 2 aromatic rings. The zero-order valence-electron chi connectivity index (χ0n) is 12.0. The van der Waals surface area contributed by atoms with Crippen LogP contribution in [0.5, 0.6) is 5.75 Å². The van der Waals surface area contributed by atoms with Crippen LogP contribution >= 0.6 is 0 Å². The number of ether oxygens (including phenoxy) is 1. The number of amides is 1. The minimum atomic E-state index is -0.475. The van der Waals surface area contributed by atoms with Crippen LogP contribution in [0.15, 0.2) is 22.7 Å². The molecule has 0 fully saturated rings. The van der Waals surface area contributed by atoms with E-state index in [4.69, 9.17) is 9.26 Å². The van der Waals surface area contributed by atoms with Crippen LogP contribution in [0.1, 0.15) is 31.6 Å². The van der Waals surface area contributed by atoms with E-state index in [-0.39, 0.29) is 11.9 Å². The van der Waals surface area contributed by atoms with Crippen molar-refractivity contribution in [3.05, 3.63) is 29.9 Å². The second-order valence-corrected chi connectivity index (χ2v) is 5.01. The van der Waals surface area contributed by atoms with E-state index in [1.54, 1.807) is 13.8 Å². The molecular formula is C14H16N4O3. The molecule has 0 saturated heterocycles. The molecule has 2 N–H and O–H groups in total. The molecule has 1 aromatic carbocycles. The van der Waals surface area contributed by atoms with Crippen LogP contribution in [0.2, 0.25) is 0 Å². The summed E-state index contributed by atoms with van der Waals surface area (Å²) in [4.78, 5) is 15.8. The largest absolute Gasteiger partial charge is 0.479 e. The molecule has 2 atom stereocenters. The summed E-state index contributed by atoms with van der Waals surface area (Å²) in [5, 5.41) is 9.82. The lowest BCUT2D eigenvalue weighted by Gasteiger charge is -2.24. The average molecular weight is 288 g/mol. The molecule has 7 nitrogen and oxygen atoms in total. The smallest absolute Gasteiger partial charge is 0.265 e. The van der Waals surface area contributed by atoms with Crippen LogP contribution in [0.3, 0.4) is 0 Å². The van der Waals surface area contributed by atoms with Gasteiger partial charge in [-0.1, -0.05) is 5.16 Å². The summed E-state index contributed by atoms with van der Waals surface area (Å²) in [5.74, 6) is 1.62. The minimum absolute atomic E-state index is 0.136. The number of aryl methyl sites for hydroxylation is 1. The van der Waals surface area contributed by atoms with E-state index in [0.717, 1.165) is 5.69 Å². The van der Waals surface area contributed by atoms with E-state index in [2.05, 4.69) is 20.8 Å². The third-order valence-corrected chi connectivity index (χ3v) is 3.21. The van der Waals surface area contributed by atoms with Gasteiger partial charge in [-0.05, 0) is 39.0 Å². The minimum Gasteiger partial charge on any atom is -0.479 e. The standard InChI is InChI=1S/C14H16N4O3/c1-7(14-16-9(3)18-21-14)15-10-4-5-12-11(6-10)17-13(19)8(2)20-12/h4-8,15H,1-3H3,(H,17,19)/t7-,8+/m1/s1. The molecule has 1 aliphatic heterocycles. The van der Waals surface area contributed by atoms with Gasteiger partial charge in [-0.15, -0.1) is 0 Å². The fourth-order valence-electron chi connectivity index (χ4n) is 2.10. The molecule has 110 valence electrons. The van der Waals surface area contributed by atoms with E-state index in [0.29, 0.717) is 23.2 Å². The highest BCUT2D eigenvalue weighted by Gasteiger charge is 2.23. The van der Waals surface area contributed by atoms with E-state index in [1.807, 2.05) is 25.1 Å². The van der Waals surface area contributed by atoms with Gasteiger partial charge in [-0.2, -0.15) is 4.98 Å². The maximum Gasteiger partial charge on any atom is 0.265 e. The summed E-state index contributed by atoms with van der Waals surface area (Å²) >= 11 is 0. The van der Waals surface area contributed by atoms with Crippen molar-refractivity contribution in [1.82, 2.24) is 10.1 Å². The number of carbonyl (C=O) groups is 1. The number of hydrogen-bond acceptors (Lipinski definition) is 6. The van der Waals surface area contributed by atoms with Crippen LogP contribution in [0.4, 0.5) is 11.4 Å². The van der Waals surface area contributed by atoms with E-state index < -0.39 is 6.10 Å². The molecule has 2 heterocycles. The lowest BCUT2D eigenvalue weighted by Crippen LogP contribution is -2.34. The number of hydrogen-bond donors (Lipinski definition) is 2. The number of nitrogens with zero attached hydrogens (tertiary/aromatic N) is 2. The van der Waals surface area contributed by atoms with Gasteiger partial charge < -0.3 is 19.9 Å². The van der Waals surface area contributed by atoms with Gasteiger partial charge >= 0.3 is 0 Å². The predicted octanol–water partition coefficient (Wildman–Crippen LogP) is 2.27. The van der Waals surface area contributed by atoms with Gasteiger partial charge in [-0.3, -0.25) is 4.79 Å². The Morgan fingerprint density at radius 3 is 2.95 bits per heavy atom. The Balaban J connectivity index is 1.78. The van der Waals surface area contributed by atoms with Crippen molar-refractivity contribution in [2.75, 3.05) is 10.6 Å². The number of carbonyl (C=O) groups excluding carboxylic acids is 1. The van der Waals surface area contributed by atoms with E-state index in [9.17, 15) is 4.79 Å². The third kappa shape index (κ3) is 2.67. The number of anilines is 2. The normalized spacial score (nSPS) is 18.4. The first-order chi connectivity index (χ1) is 10.0. The van der Waals surface area contributed by atoms with E-state index >= 15 is 0 Å². The molecule has 1 aliphatic rings. The third-order valence-electron chi connectivity index (χ3n) is 3.21. The average Bonchev–Trinajstić information content (AvgIpc) is 2.87. The zero-order valence-corrected chi connectivity index (χ0v) is 12.0. The monoisotopic (exact) mass is 288 g/mol. The summed E-state index contributed by atoms with van der Waals surface area (Å²) in [5.41, 5.74) is 1.48. The lowest BCUT2D eigenvalue weighted by atomic mass is 10.2. The maximum absolute atomic E-state index is 11.6. The first-order valence-corrected chi connectivity index (χ1v) is 6.71. The molecule has 0 unspecified atom stereocenters. The quantitative estimate of drug-likeness (QED) is 0.900. The Morgan fingerprint density at radius 1 is 1.43 bits per heavy atom. The van der Waals surface area contributed by atoms with Crippen molar-refractivity contribution >= 4 is 17.3 Å². The molecule has 7 heteroatoms. The Kier molecular flexibility index (Phi) is 3.25. The number of fused-ring (bicyclic) bond motifs is 1. The number of nitrogens with one attached hydrogen (secondary N) is 2. The molecule has 0 spiro atoms. The van der Waals surface area contributed by atoms with Gasteiger partial charge in [0.2, 0.25) is 5.89 Å². The van der Waals surface area contributed by atoms with Gasteiger partial charge in [0, 0.05) is 5.69 Å². The molecule has 1 aromatic heterocycles. The first-order valence-electron chi connectivity index (χ1n) is 6.71. The highest BCUT2D eigenvalue weighted by Crippen LogP contribution is 2.33. The second-order valence-electron chi connectivity index (χ2n) is 5.01. The summed E-state index contributed by atoms with van der Waals surface area (Å²) < 4.78 is 10.6. The molecule has 0 bridgehead atoms. The fraction of sp³-hybridized carbons (Fsp3) is 0.357. The molecule has 1 amide bonds. The first kappa shape index (κ1) is 13.4. The van der Waals surface area contributed by atoms with E-state index in [1.165, 1.54) is 0 Å². The van der Waals surface area contributed by atoms with Crippen LogP contribution < -0.4 is 15.4 Å². The van der Waals surface area contributed by atoms with Crippen LogP contribution in [-0.2, 0) is 4.79 Å². The number of aromatic nitrogens is 2. The summed E-state index contributed by atoms with van der Waals surface area (Å²) in [6, 6.07) is 5.38. The summed E-state index contributed by atoms with van der Waals surface area (Å²) in [6.07, 6.45) is -0.475. The predicted molar refractivity (Wildman–Crippen MR) is 76.2 cm³/mol. The molecule has 0 aliphatic carbocycles. The molecule has 3 rings (SSSR count). The Bertz CT molecular complexity index is 683. The molecule has 0 radical (unpaired) electrons. The van der Waals surface area contributed by atoms with Crippen molar-refractivity contribution in [3.8, 4) is 5.75 Å². The lowest BCUT2D eigenvalue weighted by molar-refractivity contribution is -0.122. The van der Waals surface area contributed by atoms with Crippen molar-refractivity contribution in [2.24, 2.45) is 0 Å². The topological polar surface area (TPSA) is 89.3 Å². The van der Waals surface area contributed by atoms with Gasteiger partial charge in [0.15, 0.2) is 11.9 Å². The highest BCUT2D eigenvalue weighted by atomic mass is 16.5. The maximum atomic E-state index is 11.6. The highest BCUT2D eigenvalue weighted by molar-refractivity contribution is 5.98. The number of benzene rings is 1. The van der Waals surface area contributed by atoms with Crippen LogP contribution in [0, 0.1) is 6.92 Å². The zero-order chi connectivity index (χ0) is 15.0. The van der Waals surface area contributed by atoms with Crippen LogP contribution in [-0.4, -0.2) is 22.2 Å². The molecular weight excluding hydrogens is 272 g/mol. The Hall–Kier alpha value is -2.57. The molecule has 21 heavy (non-hydrogen) atoms. The van der Waals surface area contributed by atoms with Gasteiger partial charge in [0.25, 0.3) is 5.91 Å². The van der Waals surface area contributed by atoms with Crippen molar-refractivity contribution < 1.29 is 14.1 Å². The SMILES string of the molecule is Cc1noc([C@@H](C)Nc2ccc3c(c2)NC(=O)[C@H](C)O3)n1.